The summed E-state index contributed by atoms with van der Waals surface area (Å²) in [6, 6.07) is 16.7. The Bertz CT molecular complexity index is 1610. The van der Waals surface area contributed by atoms with E-state index in [-0.39, 0.29) is 5.91 Å². The van der Waals surface area contributed by atoms with Crippen molar-refractivity contribution in [3.63, 3.8) is 0 Å². The molecule has 0 aromatic heterocycles. The second-order valence-electron chi connectivity index (χ2n) is 10.5. The maximum atomic E-state index is 13.8. The molecular weight excluding hydrogens is 570 g/mol. The fourth-order valence-corrected chi connectivity index (χ4v) is 7.06. The van der Waals surface area contributed by atoms with Crippen LogP contribution in [-0.2, 0) is 16.1 Å². The number of morpholine rings is 1. The fraction of sp³-hybridized carbons (Fsp3) is 0.281. The first-order valence-corrected chi connectivity index (χ1v) is 15.3. The summed E-state index contributed by atoms with van der Waals surface area (Å²) >= 11 is 8.11. The van der Waals surface area contributed by atoms with Crippen molar-refractivity contribution < 1.29 is 14.3 Å². The van der Waals surface area contributed by atoms with Crippen molar-refractivity contribution in [2.45, 2.75) is 26.3 Å². The maximum Gasteiger partial charge on any atom is 0.331 e. The number of nitrogens with zero attached hydrogens (tertiary/aromatic N) is 3. The van der Waals surface area contributed by atoms with Crippen molar-refractivity contribution in [2.24, 2.45) is 0 Å². The van der Waals surface area contributed by atoms with Gasteiger partial charge in [-0.25, -0.2) is 4.79 Å². The van der Waals surface area contributed by atoms with Crippen LogP contribution in [0.2, 0.25) is 5.02 Å². The van der Waals surface area contributed by atoms with Gasteiger partial charge in [-0.15, -0.1) is 11.8 Å². The summed E-state index contributed by atoms with van der Waals surface area (Å²) in [5.74, 6) is 0.0931. The Kier molecular flexibility index (Phi) is 8.22. The van der Waals surface area contributed by atoms with E-state index < -0.39 is 6.03 Å². The molecule has 10 heteroatoms. The van der Waals surface area contributed by atoms with E-state index in [1.165, 1.54) is 4.90 Å². The number of nitrogens with one attached hydrogen (secondary N) is 2. The first kappa shape index (κ1) is 28.3. The second kappa shape index (κ2) is 12.2. The first-order valence-electron chi connectivity index (χ1n) is 13.9. The van der Waals surface area contributed by atoms with Gasteiger partial charge >= 0.3 is 6.03 Å². The van der Waals surface area contributed by atoms with Crippen LogP contribution < -0.4 is 15.5 Å². The van der Waals surface area contributed by atoms with Crippen molar-refractivity contribution >= 4 is 46.7 Å². The Labute approximate surface area is 254 Å². The van der Waals surface area contributed by atoms with Crippen LogP contribution in [0.25, 0.3) is 0 Å². The van der Waals surface area contributed by atoms with Crippen LogP contribution in [0.1, 0.15) is 25.3 Å². The van der Waals surface area contributed by atoms with Gasteiger partial charge in [0.25, 0.3) is 5.91 Å². The molecule has 42 heavy (non-hydrogen) atoms. The minimum atomic E-state index is -0.472. The number of hydrogen-bond acceptors (Lipinski definition) is 6. The minimum absolute atomic E-state index is 0.293. The van der Waals surface area contributed by atoms with E-state index in [9.17, 15) is 14.9 Å². The van der Waals surface area contributed by atoms with Gasteiger partial charge in [-0.2, -0.15) is 5.26 Å². The molecule has 1 saturated heterocycles. The van der Waals surface area contributed by atoms with Crippen molar-refractivity contribution in [1.29, 1.82) is 5.26 Å². The standard InChI is InChI=1S/C32H30ClN5O3S/c1-20-5-4-6-22(17-34)29-27-28(36-32(40)38(29)26-8-3-2-7-25(26)33)24(19-42-30(20)27)31(39)35-23-11-9-21(10-12-23)18-37-13-15-41-16-14-37/h2-3,6-12H,4-5,13-16,18-19H2,1H3,(H,35,39)(H,36,40)/b22-6-,30-20?. The van der Waals surface area contributed by atoms with Crippen LogP contribution in [0.15, 0.2) is 93.2 Å². The highest BCUT2D eigenvalue weighted by atomic mass is 35.5. The number of carbonyl (C=O) groups is 2. The van der Waals surface area contributed by atoms with Gasteiger partial charge in [0.1, 0.15) is 6.07 Å². The van der Waals surface area contributed by atoms with Gasteiger partial charge in [0.05, 0.1) is 46.5 Å². The lowest BCUT2D eigenvalue weighted by atomic mass is 9.91. The average Bonchev–Trinajstić information content (AvgIpc) is 2.99. The Morgan fingerprint density at radius 1 is 1.17 bits per heavy atom. The molecule has 2 N–H and O–H groups in total. The van der Waals surface area contributed by atoms with E-state index in [2.05, 4.69) is 28.5 Å². The maximum absolute atomic E-state index is 13.8. The molecule has 0 atom stereocenters. The third-order valence-electron chi connectivity index (χ3n) is 7.76. The van der Waals surface area contributed by atoms with Crippen LogP contribution in [0, 0.1) is 11.3 Å². The SMILES string of the molecule is CC1=C2SCC(C(=O)Nc3ccc(CN4CCOCC4)cc3)=C3NC(=O)N(c4ccccc4Cl)C(=C32)/C(C#N)=C\CC1. The van der Waals surface area contributed by atoms with Gasteiger partial charge in [0.15, 0.2) is 0 Å². The van der Waals surface area contributed by atoms with Crippen molar-refractivity contribution in [3.8, 4) is 6.07 Å². The van der Waals surface area contributed by atoms with Gasteiger partial charge in [-0.1, -0.05) is 47.5 Å². The number of thioether (sulfide) groups is 1. The molecular formula is C32H30ClN5O3S. The average molecular weight is 600 g/mol. The lowest BCUT2D eigenvalue weighted by Crippen LogP contribution is -2.47. The molecule has 2 aromatic rings. The molecule has 0 spiro atoms. The molecule has 0 bridgehead atoms. The number of hydrogen-bond donors (Lipinski definition) is 2. The highest BCUT2D eigenvalue weighted by Gasteiger charge is 2.41. The zero-order valence-corrected chi connectivity index (χ0v) is 24.8. The Morgan fingerprint density at radius 2 is 1.93 bits per heavy atom. The number of anilines is 2. The summed E-state index contributed by atoms with van der Waals surface area (Å²) in [5.41, 5.74) is 5.84. The molecule has 1 aliphatic carbocycles. The van der Waals surface area contributed by atoms with E-state index in [4.69, 9.17) is 16.3 Å². The van der Waals surface area contributed by atoms with E-state index in [1.807, 2.05) is 30.3 Å². The zero-order valence-electron chi connectivity index (χ0n) is 23.2. The summed E-state index contributed by atoms with van der Waals surface area (Å²) in [4.78, 5) is 32.3. The van der Waals surface area contributed by atoms with Crippen molar-refractivity contribution in [2.75, 3.05) is 42.3 Å². The van der Waals surface area contributed by atoms with E-state index in [0.29, 0.717) is 56.7 Å². The number of carbonyl (C=O) groups excluding carboxylic acids is 2. The van der Waals surface area contributed by atoms with E-state index in [0.717, 1.165) is 55.3 Å². The largest absolute Gasteiger partial charge is 0.379 e. The highest BCUT2D eigenvalue weighted by molar-refractivity contribution is 8.03. The highest BCUT2D eigenvalue weighted by Crippen LogP contribution is 2.48. The molecule has 3 amide bonds. The van der Waals surface area contributed by atoms with Crippen molar-refractivity contribution in [1.82, 2.24) is 10.2 Å². The molecule has 0 radical (unpaired) electrons. The number of allylic oxidation sites excluding steroid dienone is 4. The number of urea groups is 1. The topological polar surface area (TPSA) is 97.7 Å². The van der Waals surface area contributed by atoms with Crippen LogP contribution in [-0.4, -0.2) is 48.9 Å². The molecule has 3 heterocycles. The van der Waals surface area contributed by atoms with Gasteiger partial charge < -0.3 is 15.4 Å². The molecule has 8 nitrogen and oxygen atoms in total. The summed E-state index contributed by atoms with van der Waals surface area (Å²) in [7, 11) is 0. The van der Waals surface area contributed by atoms with Gasteiger partial charge in [0, 0.05) is 41.6 Å². The Balaban J connectivity index is 1.38. The number of halogens is 1. The fourth-order valence-electron chi connectivity index (χ4n) is 5.59. The molecule has 3 aliphatic heterocycles. The third kappa shape index (κ3) is 5.51. The molecule has 0 saturated carbocycles. The van der Waals surface area contributed by atoms with Crippen molar-refractivity contribution in [3.05, 3.63) is 104 Å². The van der Waals surface area contributed by atoms with Crippen LogP contribution >= 0.6 is 23.4 Å². The second-order valence-corrected chi connectivity index (χ2v) is 11.9. The normalized spacial score (nSPS) is 20.6. The number of ether oxygens (including phenoxy) is 1. The molecule has 6 rings (SSSR count). The Hall–Kier alpha value is -3.81. The van der Waals surface area contributed by atoms with Crippen LogP contribution in [0.4, 0.5) is 16.2 Å². The number of amides is 3. The summed E-state index contributed by atoms with van der Waals surface area (Å²) < 4.78 is 5.44. The van der Waals surface area contributed by atoms with Gasteiger partial charge in [0.2, 0.25) is 0 Å². The van der Waals surface area contributed by atoms with Gasteiger partial charge in [-0.05, 0) is 49.6 Å². The van der Waals surface area contributed by atoms with E-state index >= 15 is 0 Å². The molecule has 2 aromatic carbocycles. The zero-order chi connectivity index (χ0) is 29.2. The summed E-state index contributed by atoms with van der Waals surface area (Å²) in [6.45, 7) is 6.20. The lowest BCUT2D eigenvalue weighted by molar-refractivity contribution is -0.112. The van der Waals surface area contributed by atoms with Crippen LogP contribution in [0.3, 0.4) is 0 Å². The van der Waals surface area contributed by atoms with Crippen LogP contribution in [0.5, 0.6) is 0 Å². The number of para-hydroxylation sites is 1. The monoisotopic (exact) mass is 599 g/mol. The molecule has 214 valence electrons. The molecule has 4 aliphatic rings. The number of rotatable bonds is 5. The predicted molar refractivity (Wildman–Crippen MR) is 166 cm³/mol. The first-order chi connectivity index (χ1) is 20.4. The summed E-state index contributed by atoms with van der Waals surface area (Å²) in [6.07, 6.45) is 3.30. The number of benzene rings is 2. The minimum Gasteiger partial charge on any atom is -0.379 e. The van der Waals surface area contributed by atoms with E-state index in [1.54, 1.807) is 36.0 Å². The Morgan fingerprint density at radius 3 is 2.67 bits per heavy atom. The number of nitriles is 1. The van der Waals surface area contributed by atoms with Gasteiger partial charge in [-0.3, -0.25) is 14.6 Å². The molecule has 0 unspecified atom stereocenters. The lowest BCUT2D eigenvalue weighted by Gasteiger charge is -2.38. The smallest absolute Gasteiger partial charge is 0.331 e. The third-order valence-corrected chi connectivity index (χ3v) is 9.35. The summed E-state index contributed by atoms with van der Waals surface area (Å²) in [5, 5.41) is 16.6. The predicted octanol–water partition coefficient (Wildman–Crippen LogP) is 6.11. The molecule has 1 fully saturated rings. The quantitative estimate of drug-likeness (QED) is 0.430.